The van der Waals surface area contributed by atoms with E-state index in [1.807, 2.05) is 14.1 Å². The molecule has 2 aromatic rings. The molecule has 0 aliphatic carbocycles. The Labute approximate surface area is 111 Å². The number of carboxylic acids is 1. The van der Waals surface area contributed by atoms with E-state index in [1.54, 1.807) is 22.9 Å². The molecule has 1 heterocycles. The molecular formula is C13H18N4O2. The van der Waals surface area contributed by atoms with Crippen molar-refractivity contribution in [2.45, 2.75) is 25.9 Å². The first-order valence-electron chi connectivity index (χ1n) is 6.05. The van der Waals surface area contributed by atoms with Gasteiger partial charge in [0.15, 0.2) is 0 Å². The molecule has 0 unspecified atom stereocenters. The molecule has 1 N–H and O–H groups in total. The minimum Gasteiger partial charge on any atom is -0.478 e. The van der Waals surface area contributed by atoms with Crippen molar-refractivity contribution in [3.63, 3.8) is 0 Å². The molecule has 1 aromatic heterocycles. The normalized spacial score (nSPS) is 12.3. The second-order valence-corrected chi connectivity index (χ2v) is 5.46. The monoisotopic (exact) mass is 262 g/mol. The van der Waals surface area contributed by atoms with Crippen LogP contribution in [0.3, 0.4) is 0 Å². The molecule has 0 fully saturated rings. The highest BCUT2D eigenvalue weighted by atomic mass is 16.4. The summed E-state index contributed by atoms with van der Waals surface area (Å²) < 4.78 is 1.75. The van der Waals surface area contributed by atoms with Gasteiger partial charge in [0.1, 0.15) is 5.52 Å². The van der Waals surface area contributed by atoms with Crippen molar-refractivity contribution in [2.75, 3.05) is 14.1 Å². The molecule has 0 radical (unpaired) electrons. The molecule has 1 aromatic carbocycles. The molecule has 0 saturated carbocycles. The van der Waals surface area contributed by atoms with E-state index in [0.29, 0.717) is 12.1 Å². The Balaban J connectivity index is 2.44. The van der Waals surface area contributed by atoms with Crippen molar-refractivity contribution in [2.24, 2.45) is 0 Å². The van der Waals surface area contributed by atoms with Gasteiger partial charge in [0.25, 0.3) is 0 Å². The average Bonchev–Trinajstić information content (AvgIpc) is 2.71. The summed E-state index contributed by atoms with van der Waals surface area (Å²) in [6, 6.07) is 4.84. The number of rotatable bonds is 4. The molecule has 0 bridgehead atoms. The standard InChI is InChI=1S/C13H18N4O2/c1-13(2,16(3)4)8-17-11-7-9(12(18)19)5-6-10(11)14-15-17/h5-7H,8H2,1-4H3,(H,18,19). The number of fused-ring (bicyclic) bond motifs is 1. The van der Waals surface area contributed by atoms with E-state index in [4.69, 9.17) is 5.11 Å². The minimum absolute atomic E-state index is 0.0974. The summed E-state index contributed by atoms with van der Waals surface area (Å²) >= 11 is 0. The Bertz CT molecular complexity index is 616. The maximum atomic E-state index is 11.0. The van der Waals surface area contributed by atoms with Gasteiger partial charge in [-0.1, -0.05) is 5.21 Å². The number of aromatic nitrogens is 3. The second kappa shape index (κ2) is 4.62. The Morgan fingerprint density at radius 3 is 2.68 bits per heavy atom. The Morgan fingerprint density at radius 1 is 1.42 bits per heavy atom. The molecule has 0 amide bonds. The van der Waals surface area contributed by atoms with Gasteiger partial charge in [-0.05, 0) is 46.1 Å². The second-order valence-electron chi connectivity index (χ2n) is 5.46. The van der Waals surface area contributed by atoms with Gasteiger partial charge in [-0.15, -0.1) is 5.10 Å². The lowest BCUT2D eigenvalue weighted by Gasteiger charge is -2.32. The van der Waals surface area contributed by atoms with Crippen LogP contribution in [-0.2, 0) is 6.54 Å². The molecule has 0 aliphatic rings. The number of likely N-dealkylation sites (N-methyl/N-ethyl adjacent to an activating group) is 1. The topological polar surface area (TPSA) is 71.2 Å². The van der Waals surface area contributed by atoms with Crippen LogP contribution in [0.15, 0.2) is 18.2 Å². The van der Waals surface area contributed by atoms with Crippen molar-refractivity contribution in [1.82, 2.24) is 19.9 Å². The third-order valence-electron chi connectivity index (χ3n) is 3.51. The number of hydrogen-bond acceptors (Lipinski definition) is 4. The van der Waals surface area contributed by atoms with Crippen LogP contribution in [0.2, 0.25) is 0 Å². The van der Waals surface area contributed by atoms with Gasteiger partial charge in [0, 0.05) is 5.54 Å². The maximum Gasteiger partial charge on any atom is 0.335 e. The number of carbonyl (C=O) groups is 1. The Morgan fingerprint density at radius 2 is 2.11 bits per heavy atom. The summed E-state index contributed by atoms with van der Waals surface area (Å²) in [6.07, 6.45) is 0. The van der Waals surface area contributed by atoms with Crippen LogP contribution in [0.25, 0.3) is 11.0 Å². The zero-order valence-corrected chi connectivity index (χ0v) is 11.6. The van der Waals surface area contributed by atoms with Crippen molar-refractivity contribution in [1.29, 1.82) is 0 Å². The lowest BCUT2D eigenvalue weighted by Crippen LogP contribution is -2.42. The molecular weight excluding hydrogens is 244 g/mol. The van der Waals surface area contributed by atoms with E-state index in [-0.39, 0.29) is 11.1 Å². The number of aromatic carboxylic acids is 1. The quantitative estimate of drug-likeness (QED) is 0.903. The van der Waals surface area contributed by atoms with Crippen molar-refractivity contribution in [3.05, 3.63) is 23.8 Å². The van der Waals surface area contributed by atoms with Crippen LogP contribution >= 0.6 is 0 Å². The molecule has 0 atom stereocenters. The third-order valence-corrected chi connectivity index (χ3v) is 3.51. The van der Waals surface area contributed by atoms with E-state index in [0.717, 1.165) is 5.52 Å². The van der Waals surface area contributed by atoms with Gasteiger partial charge in [0.05, 0.1) is 17.6 Å². The summed E-state index contributed by atoms with van der Waals surface area (Å²) in [4.78, 5) is 13.1. The SMILES string of the molecule is CN(C)C(C)(C)Cn1nnc2ccc(C(=O)O)cc21. The largest absolute Gasteiger partial charge is 0.478 e. The van der Waals surface area contributed by atoms with Crippen molar-refractivity contribution >= 4 is 17.0 Å². The van der Waals surface area contributed by atoms with E-state index < -0.39 is 5.97 Å². The smallest absolute Gasteiger partial charge is 0.335 e. The third kappa shape index (κ3) is 2.58. The number of carboxylic acid groups (broad SMARTS) is 1. The molecule has 19 heavy (non-hydrogen) atoms. The first-order chi connectivity index (χ1) is 8.81. The Kier molecular flexibility index (Phi) is 3.28. The predicted octanol–water partition coefficient (Wildman–Crippen LogP) is 1.47. The van der Waals surface area contributed by atoms with Gasteiger partial charge >= 0.3 is 5.97 Å². The molecule has 0 spiro atoms. The Hall–Kier alpha value is -1.95. The van der Waals surface area contributed by atoms with Crippen LogP contribution in [0, 0.1) is 0 Å². The number of nitrogens with zero attached hydrogens (tertiary/aromatic N) is 4. The molecule has 102 valence electrons. The zero-order chi connectivity index (χ0) is 14.2. The van der Waals surface area contributed by atoms with Crippen LogP contribution in [0.4, 0.5) is 0 Å². The first-order valence-corrected chi connectivity index (χ1v) is 6.05. The van der Waals surface area contributed by atoms with Gasteiger partial charge in [0.2, 0.25) is 0 Å². The number of hydrogen-bond donors (Lipinski definition) is 1. The van der Waals surface area contributed by atoms with Gasteiger partial charge < -0.3 is 10.0 Å². The molecule has 6 nitrogen and oxygen atoms in total. The fraction of sp³-hybridized carbons (Fsp3) is 0.462. The predicted molar refractivity (Wildman–Crippen MR) is 72.3 cm³/mol. The molecule has 6 heteroatoms. The molecule has 0 saturated heterocycles. The van der Waals surface area contributed by atoms with Crippen LogP contribution in [0.1, 0.15) is 24.2 Å². The van der Waals surface area contributed by atoms with Crippen molar-refractivity contribution < 1.29 is 9.90 Å². The molecule has 2 rings (SSSR count). The lowest BCUT2D eigenvalue weighted by atomic mass is 10.0. The van der Waals surface area contributed by atoms with Gasteiger partial charge in [-0.2, -0.15) is 0 Å². The summed E-state index contributed by atoms with van der Waals surface area (Å²) in [5, 5.41) is 17.2. The fourth-order valence-electron chi connectivity index (χ4n) is 1.72. The van der Waals surface area contributed by atoms with Gasteiger partial charge in [-0.3, -0.25) is 0 Å². The number of benzene rings is 1. The lowest BCUT2D eigenvalue weighted by molar-refractivity contribution is 0.0697. The van der Waals surface area contributed by atoms with E-state index in [1.165, 1.54) is 0 Å². The average molecular weight is 262 g/mol. The first kappa shape index (κ1) is 13.5. The van der Waals surface area contributed by atoms with E-state index in [9.17, 15) is 4.79 Å². The maximum absolute atomic E-state index is 11.0. The van der Waals surface area contributed by atoms with E-state index >= 15 is 0 Å². The highest BCUT2D eigenvalue weighted by molar-refractivity contribution is 5.92. The van der Waals surface area contributed by atoms with Crippen LogP contribution in [-0.4, -0.2) is 50.6 Å². The van der Waals surface area contributed by atoms with Crippen LogP contribution < -0.4 is 0 Å². The molecule has 0 aliphatic heterocycles. The summed E-state index contributed by atoms with van der Waals surface area (Å²) in [6.45, 7) is 4.84. The summed E-state index contributed by atoms with van der Waals surface area (Å²) in [5.74, 6) is -0.943. The minimum atomic E-state index is -0.943. The highest BCUT2D eigenvalue weighted by Crippen LogP contribution is 2.18. The summed E-state index contributed by atoms with van der Waals surface area (Å²) in [5.41, 5.74) is 1.60. The highest BCUT2D eigenvalue weighted by Gasteiger charge is 2.23. The van der Waals surface area contributed by atoms with E-state index in [2.05, 4.69) is 29.1 Å². The van der Waals surface area contributed by atoms with Gasteiger partial charge in [-0.25, -0.2) is 9.48 Å². The zero-order valence-electron chi connectivity index (χ0n) is 11.6. The summed E-state index contributed by atoms with van der Waals surface area (Å²) in [7, 11) is 4.00. The van der Waals surface area contributed by atoms with Crippen molar-refractivity contribution in [3.8, 4) is 0 Å². The fourth-order valence-corrected chi connectivity index (χ4v) is 1.72. The van der Waals surface area contributed by atoms with Crippen LogP contribution in [0.5, 0.6) is 0 Å².